The van der Waals surface area contributed by atoms with Crippen molar-refractivity contribution in [3.8, 4) is 0 Å². The predicted molar refractivity (Wildman–Crippen MR) is 145 cm³/mol. The van der Waals surface area contributed by atoms with Crippen molar-refractivity contribution in [2.45, 2.75) is 141 Å². The molecule has 4 atom stereocenters. The second kappa shape index (κ2) is 22.3. The molecular formula is C29H57NO6. The molecule has 1 heterocycles. The fourth-order valence-corrected chi connectivity index (χ4v) is 4.61. The Hall–Kier alpha value is -0.730. The molecule has 1 aliphatic heterocycles. The van der Waals surface area contributed by atoms with Crippen LogP contribution < -0.4 is 0 Å². The zero-order chi connectivity index (χ0) is 26.4. The van der Waals surface area contributed by atoms with Gasteiger partial charge in [-0.2, -0.15) is 0 Å². The second-order valence-corrected chi connectivity index (χ2v) is 10.6. The van der Waals surface area contributed by atoms with E-state index in [1.807, 2.05) is 14.1 Å². The molecular weight excluding hydrogens is 458 g/mol. The first-order valence-corrected chi connectivity index (χ1v) is 14.9. The van der Waals surface area contributed by atoms with Gasteiger partial charge < -0.3 is 24.1 Å². The van der Waals surface area contributed by atoms with Crippen LogP contribution in [0.4, 0.5) is 0 Å². The van der Waals surface area contributed by atoms with Gasteiger partial charge in [-0.3, -0.25) is 9.69 Å². The van der Waals surface area contributed by atoms with Crippen LogP contribution in [-0.4, -0.2) is 81.0 Å². The van der Waals surface area contributed by atoms with Crippen molar-refractivity contribution in [2.75, 3.05) is 40.5 Å². The molecule has 1 saturated heterocycles. The summed E-state index contributed by atoms with van der Waals surface area (Å²) >= 11 is 0. The normalized spacial score (nSPS) is 21.9. The van der Waals surface area contributed by atoms with Crippen LogP contribution in [0.3, 0.4) is 0 Å². The third kappa shape index (κ3) is 16.2. The molecule has 0 unspecified atom stereocenters. The SMILES string of the molecule is CCCCCCCCCCO[C@@H]1[C@H](OCCCCCCCCCC)[C@H](O)O[C@@H]1COC(=O)CN(C)C. The molecule has 0 bridgehead atoms. The number of rotatable bonds is 24. The van der Waals surface area contributed by atoms with E-state index >= 15 is 0 Å². The third-order valence-electron chi connectivity index (χ3n) is 6.76. The van der Waals surface area contributed by atoms with Crippen molar-refractivity contribution in [2.24, 2.45) is 0 Å². The minimum atomic E-state index is -1.07. The van der Waals surface area contributed by atoms with Gasteiger partial charge >= 0.3 is 5.97 Å². The molecule has 1 fully saturated rings. The van der Waals surface area contributed by atoms with E-state index in [1.165, 1.54) is 77.0 Å². The molecule has 214 valence electrons. The smallest absolute Gasteiger partial charge is 0.320 e. The number of carbonyl (C=O) groups excluding carboxylic acids is 1. The number of likely N-dealkylation sites (N-methyl/N-ethyl adjacent to an activating group) is 1. The van der Waals surface area contributed by atoms with Gasteiger partial charge in [-0.25, -0.2) is 0 Å². The lowest BCUT2D eigenvalue weighted by atomic mass is 10.1. The highest BCUT2D eigenvalue weighted by Gasteiger charge is 2.46. The van der Waals surface area contributed by atoms with Crippen molar-refractivity contribution in [3.63, 3.8) is 0 Å². The van der Waals surface area contributed by atoms with Crippen LogP contribution in [-0.2, 0) is 23.7 Å². The summed E-state index contributed by atoms with van der Waals surface area (Å²) in [4.78, 5) is 13.8. The first-order valence-electron chi connectivity index (χ1n) is 14.9. The van der Waals surface area contributed by atoms with Crippen LogP contribution in [0.15, 0.2) is 0 Å². The Morgan fingerprint density at radius 1 is 0.722 bits per heavy atom. The summed E-state index contributed by atoms with van der Waals surface area (Å²) < 4.78 is 23.4. The average molecular weight is 516 g/mol. The maximum absolute atomic E-state index is 12.0. The summed E-state index contributed by atoms with van der Waals surface area (Å²) in [6, 6.07) is 0. The van der Waals surface area contributed by atoms with Crippen molar-refractivity contribution in [1.82, 2.24) is 4.90 Å². The molecule has 0 saturated carbocycles. The number of carbonyl (C=O) groups is 1. The van der Waals surface area contributed by atoms with E-state index in [4.69, 9.17) is 18.9 Å². The molecule has 0 aromatic heterocycles. The minimum absolute atomic E-state index is 0.0590. The number of ether oxygens (including phenoxy) is 4. The van der Waals surface area contributed by atoms with E-state index in [1.54, 1.807) is 4.90 Å². The molecule has 0 aromatic carbocycles. The van der Waals surface area contributed by atoms with Crippen LogP contribution in [0.25, 0.3) is 0 Å². The van der Waals surface area contributed by atoms with Crippen LogP contribution in [0.2, 0.25) is 0 Å². The quantitative estimate of drug-likeness (QED) is 0.127. The van der Waals surface area contributed by atoms with Gasteiger partial charge in [-0.1, -0.05) is 104 Å². The fraction of sp³-hybridized carbons (Fsp3) is 0.966. The standard InChI is InChI=1S/C29H57NO6/c1-5-7-9-11-13-15-17-19-21-33-27-25(24-35-26(31)23-30(3)4)36-29(32)28(27)34-22-20-18-16-14-12-10-8-6-2/h25,27-29,32H,5-24H2,1-4H3/t25-,27+,28+,29-/m1/s1. The number of hydrogen-bond donors (Lipinski definition) is 1. The predicted octanol–water partition coefficient (Wildman–Crippen LogP) is 5.86. The van der Waals surface area contributed by atoms with E-state index in [0.29, 0.717) is 13.2 Å². The van der Waals surface area contributed by atoms with Crippen LogP contribution in [0.5, 0.6) is 0 Å². The van der Waals surface area contributed by atoms with Crippen molar-refractivity contribution in [3.05, 3.63) is 0 Å². The summed E-state index contributed by atoms with van der Waals surface area (Å²) in [7, 11) is 3.64. The van der Waals surface area contributed by atoms with E-state index in [0.717, 1.165) is 25.7 Å². The molecule has 0 aliphatic carbocycles. The number of esters is 1. The molecule has 0 aromatic rings. The minimum Gasteiger partial charge on any atom is -0.462 e. The van der Waals surface area contributed by atoms with Gasteiger partial charge in [0.1, 0.15) is 24.9 Å². The maximum atomic E-state index is 12.0. The molecule has 0 spiro atoms. The molecule has 1 N–H and O–H groups in total. The van der Waals surface area contributed by atoms with Crippen molar-refractivity contribution in [1.29, 1.82) is 0 Å². The Balaban J connectivity index is 2.41. The number of aliphatic hydroxyl groups is 1. The summed E-state index contributed by atoms with van der Waals surface area (Å²) in [6.07, 6.45) is 17.1. The van der Waals surface area contributed by atoms with Gasteiger partial charge in [0, 0.05) is 13.2 Å². The maximum Gasteiger partial charge on any atom is 0.320 e. The van der Waals surface area contributed by atoms with E-state index in [9.17, 15) is 9.90 Å². The number of hydrogen-bond acceptors (Lipinski definition) is 7. The van der Waals surface area contributed by atoms with Gasteiger partial charge in [-0.15, -0.1) is 0 Å². The van der Waals surface area contributed by atoms with Crippen molar-refractivity contribution >= 4 is 5.97 Å². The molecule has 1 rings (SSSR count). The van der Waals surface area contributed by atoms with Gasteiger partial charge in [0.15, 0.2) is 6.29 Å². The third-order valence-corrected chi connectivity index (χ3v) is 6.76. The van der Waals surface area contributed by atoms with E-state index in [2.05, 4.69) is 13.8 Å². The van der Waals surface area contributed by atoms with Gasteiger partial charge in [0.25, 0.3) is 0 Å². The number of aliphatic hydroxyl groups excluding tert-OH is 1. The summed E-state index contributed by atoms with van der Waals surface area (Å²) in [5.41, 5.74) is 0. The summed E-state index contributed by atoms with van der Waals surface area (Å²) in [5, 5.41) is 10.5. The zero-order valence-corrected chi connectivity index (χ0v) is 23.9. The zero-order valence-electron chi connectivity index (χ0n) is 23.9. The average Bonchev–Trinajstić information content (AvgIpc) is 3.14. The largest absolute Gasteiger partial charge is 0.462 e. The highest BCUT2D eigenvalue weighted by Crippen LogP contribution is 2.27. The van der Waals surface area contributed by atoms with Crippen LogP contribution in [0.1, 0.15) is 117 Å². The highest BCUT2D eigenvalue weighted by molar-refractivity contribution is 5.71. The monoisotopic (exact) mass is 515 g/mol. The van der Waals surface area contributed by atoms with Gasteiger partial charge in [0.05, 0.1) is 6.54 Å². The van der Waals surface area contributed by atoms with E-state index < -0.39 is 24.6 Å². The van der Waals surface area contributed by atoms with Crippen molar-refractivity contribution < 1.29 is 28.8 Å². The molecule has 0 radical (unpaired) electrons. The second-order valence-electron chi connectivity index (χ2n) is 10.6. The molecule has 1 aliphatic rings. The topological polar surface area (TPSA) is 77.5 Å². The first kappa shape index (κ1) is 33.3. The number of unbranched alkanes of at least 4 members (excludes halogenated alkanes) is 14. The molecule has 0 amide bonds. The van der Waals surface area contributed by atoms with Crippen LogP contribution in [0, 0.1) is 0 Å². The lowest BCUT2D eigenvalue weighted by molar-refractivity contribution is -0.161. The van der Waals surface area contributed by atoms with E-state index in [-0.39, 0.29) is 19.1 Å². The molecule has 7 nitrogen and oxygen atoms in total. The van der Waals surface area contributed by atoms with Gasteiger partial charge in [-0.05, 0) is 26.9 Å². The lowest BCUT2D eigenvalue weighted by Crippen LogP contribution is -2.40. The number of nitrogens with zero attached hydrogens (tertiary/aromatic N) is 1. The lowest BCUT2D eigenvalue weighted by Gasteiger charge is -2.24. The Morgan fingerprint density at radius 2 is 1.17 bits per heavy atom. The molecule has 36 heavy (non-hydrogen) atoms. The van der Waals surface area contributed by atoms with Gasteiger partial charge in [0.2, 0.25) is 0 Å². The Morgan fingerprint density at radius 3 is 1.64 bits per heavy atom. The molecule has 7 heteroatoms. The summed E-state index contributed by atoms with van der Waals surface area (Å²) in [6.45, 7) is 5.91. The fourth-order valence-electron chi connectivity index (χ4n) is 4.61. The Kier molecular flexibility index (Phi) is 20.6. The summed E-state index contributed by atoms with van der Waals surface area (Å²) in [5.74, 6) is -0.316. The Labute approximate surface area is 221 Å². The highest BCUT2D eigenvalue weighted by atomic mass is 16.7. The first-order chi connectivity index (χ1) is 17.5. The Bertz CT molecular complexity index is 518. The van der Waals surface area contributed by atoms with Crippen LogP contribution >= 0.6 is 0 Å².